The number of rotatable bonds is 7. The van der Waals surface area contributed by atoms with Crippen molar-refractivity contribution in [2.45, 2.75) is 24.8 Å². The molecular weight excluding hydrogens is 221 g/mol. The Balaban J connectivity index is 4.39. The van der Waals surface area contributed by atoms with Crippen LogP contribution in [0.3, 0.4) is 0 Å². The van der Waals surface area contributed by atoms with Gasteiger partial charge >= 0.3 is 5.97 Å². The molecule has 0 aliphatic heterocycles. The van der Waals surface area contributed by atoms with Crippen molar-refractivity contribution in [3.05, 3.63) is 0 Å². The molecule has 0 amide bonds. The second kappa shape index (κ2) is 5.61. The number of aliphatic hydroxyl groups excluding tert-OH is 1. The van der Waals surface area contributed by atoms with Crippen molar-refractivity contribution < 1.29 is 24.5 Å². The maximum absolute atomic E-state index is 11.0. The summed E-state index contributed by atoms with van der Waals surface area (Å²) in [6.07, 6.45) is 0.176. The van der Waals surface area contributed by atoms with Gasteiger partial charge < -0.3 is 20.8 Å². The van der Waals surface area contributed by atoms with E-state index in [0.717, 1.165) is 0 Å². The molecule has 0 aromatic heterocycles. The third kappa shape index (κ3) is 5.89. The first kappa shape index (κ1) is 14.6. The average Bonchev–Trinajstić information content (AvgIpc) is 2.10. The quantitative estimate of drug-likeness (QED) is 0.458. The minimum absolute atomic E-state index is 0.0629. The summed E-state index contributed by atoms with van der Waals surface area (Å²) in [4.78, 5) is 19.9. The molecule has 2 unspecified atom stereocenters. The van der Waals surface area contributed by atoms with Crippen LogP contribution in [0, 0.1) is 0 Å². The highest BCUT2D eigenvalue weighted by atomic mass is 31.2. The molecule has 0 aliphatic rings. The van der Waals surface area contributed by atoms with E-state index in [1.807, 2.05) is 0 Å². The fourth-order valence-electron chi connectivity index (χ4n) is 1.14. The van der Waals surface area contributed by atoms with E-state index in [1.165, 1.54) is 6.66 Å². The van der Waals surface area contributed by atoms with Crippen molar-refractivity contribution >= 4 is 13.3 Å². The summed E-state index contributed by atoms with van der Waals surface area (Å²) in [7, 11) is -3.24. The first-order valence-corrected chi connectivity index (χ1v) is 6.93. The highest BCUT2D eigenvalue weighted by molar-refractivity contribution is 7.57. The Morgan fingerprint density at radius 2 is 2.00 bits per heavy atom. The van der Waals surface area contributed by atoms with Crippen LogP contribution in [-0.4, -0.2) is 46.0 Å². The Hall–Kier alpha value is -0.420. The van der Waals surface area contributed by atoms with E-state index in [1.54, 1.807) is 0 Å². The fraction of sp³-hybridized carbons (Fsp3) is 0.875. The minimum atomic E-state index is -3.24. The van der Waals surface area contributed by atoms with Crippen LogP contribution in [-0.2, 0) is 9.36 Å². The lowest BCUT2D eigenvalue weighted by Gasteiger charge is -2.24. The largest absolute Gasteiger partial charge is 0.480 e. The zero-order valence-electron chi connectivity index (χ0n) is 8.72. The molecule has 6 nitrogen and oxygen atoms in total. The molecule has 2 atom stereocenters. The van der Waals surface area contributed by atoms with Crippen LogP contribution in [0.5, 0.6) is 0 Å². The van der Waals surface area contributed by atoms with E-state index >= 15 is 0 Å². The molecule has 0 aliphatic carbocycles. The molecule has 0 saturated heterocycles. The predicted molar refractivity (Wildman–Crippen MR) is 56.1 cm³/mol. The number of hydrogen-bond donors (Lipinski definition) is 4. The first-order chi connectivity index (χ1) is 6.71. The van der Waals surface area contributed by atoms with Crippen molar-refractivity contribution in [3.8, 4) is 0 Å². The molecule has 0 fully saturated rings. The molecule has 5 N–H and O–H groups in total. The second-order valence-corrected chi connectivity index (χ2v) is 6.36. The highest BCUT2D eigenvalue weighted by Crippen LogP contribution is 2.37. The minimum Gasteiger partial charge on any atom is -0.480 e. The molecule has 0 saturated carbocycles. The third-order valence-electron chi connectivity index (χ3n) is 2.18. The molecule has 0 aromatic carbocycles. The van der Waals surface area contributed by atoms with Gasteiger partial charge in [-0.3, -0.25) is 9.36 Å². The number of aliphatic carboxylic acids is 1. The molecule has 0 rings (SSSR count). The van der Waals surface area contributed by atoms with E-state index < -0.39 is 18.9 Å². The monoisotopic (exact) mass is 239 g/mol. The van der Waals surface area contributed by atoms with Crippen molar-refractivity contribution in [2.75, 3.05) is 19.4 Å². The van der Waals surface area contributed by atoms with Crippen LogP contribution < -0.4 is 5.73 Å². The summed E-state index contributed by atoms with van der Waals surface area (Å²) < 4.78 is 11.0. The van der Waals surface area contributed by atoms with Gasteiger partial charge in [-0.2, -0.15) is 0 Å². The Labute approximate surface area is 88.6 Å². The summed E-state index contributed by atoms with van der Waals surface area (Å²) in [5.41, 5.74) is 4.07. The Morgan fingerprint density at radius 3 is 2.33 bits per heavy atom. The van der Waals surface area contributed by atoms with Crippen molar-refractivity contribution in [1.82, 2.24) is 0 Å². The number of hydrogen-bond acceptors (Lipinski definition) is 4. The topological polar surface area (TPSA) is 121 Å². The predicted octanol–water partition coefficient (Wildman–Crippen LogP) is -0.169. The lowest BCUT2D eigenvalue weighted by molar-refractivity contribution is -0.143. The second-order valence-electron chi connectivity index (χ2n) is 3.81. The average molecular weight is 239 g/mol. The summed E-state index contributed by atoms with van der Waals surface area (Å²) in [5, 5.41) is 17.5. The molecule has 7 heteroatoms. The third-order valence-corrected chi connectivity index (χ3v) is 3.23. The molecular formula is C8H18NO5P. The van der Waals surface area contributed by atoms with E-state index in [9.17, 15) is 9.36 Å². The lowest BCUT2D eigenvalue weighted by Crippen LogP contribution is -2.48. The Morgan fingerprint density at radius 1 is 1.47 bits per heavy atom. The van der Waals surface area contributed by atoms with Crippen LogP contribution in [0.25, 0.3) is 0 Å². The summed E-state index contributed by atoms with van der Waals surface area (Å²) >= 11 is 0. The van der Waals surface area contributed by atoms with E-state index in [4.69, 9.17) is 20.8 Å². The van der Waals surface area contributed by atoms with Gasteiger partial charge in [0.2, 0.25) is 0 Å². The maximum Gasteiger partial charge on any atom is 0.323 e. The summed E-state index contributed by atoms with van der Waals surface area (Å²) in [6, 6.07) is 0. The molecule has 15 heavy (non-hydrogen) atoms. The number of carbonyl (C=O) groups is 1. The normalized spacial score (nSPS) is 19.2. The molecule has 0 heterocycles. The van der Waals surface area contributed by atoms with Crippen molar-refractivity contribution in [3.63, 3.8) is 0 Å². The SMILES string of the molecule is CP(=O)(O)CCC(N)(CCCO)C(=O)O. The van der Waals surface area contributed by atoms with E-state index in [-0.39, 0.29) is 32.0 Å². The van der Waals surface area contributed by atoms with Gasteiger partial charge in [-0.25, -0.2) is 0 Å². The summed E-state index contributed by atoms with van der Waals surface area (Å²) in [5.74, 6) is -1.20. The van der Waals surface area contributed by atoms with Gasteiger partial charge in [0.15, 0.2) is 7.37 Å². The number of nitrogens with two attached hydrogens (primary N) is 1. The van der Waals surface area contributed by atoms with Gasteiger partial charge in [-0.15, -0.1) is 0 Å². The van der Waals surface area contributed by atoms with Gasteiger partial charge in [-0.1, -0.05) is 0 Å². The zero-order valence-corrected chi connectivity index (χ0v) is 9.61. The van der Waals surface area contributed by atoms with Gasteiger partial charge in [-0.05, 0) is 19.3 Å². The molecule has 90 valence electrons. The standard InChI is InChI=1S/C8H18NO5P/c1-15(13,14)6-4-8(9,7(11)12)3-2-5-10/h10H,2-6,9H2,1H3,(H,11,12)(H,13,14). The molecule has 0 aromatic rings. The maximum atomic E-state index is 11.0. The van der Waals surface area contributed by atoms with Gasteiger partial charge in [0.1, 0.15) is 5.54 Å². The molecule has 0 spiro atoms. The van der Waals surface area contributed by atoms with Crippen molar-refractivity contribution in [1.29, 1.82) is 0 Å². The van der Waals surface area contributed by atoms with Crippen molar-refractivity contribution in [2.24, 2.45) is 5.73 Å². The van der Waals surface area contributed by atoms with Crippen LogP contribution >= 0.6 is 7.37 Å². The fourth-order valence-corrected chi connectivity index (χ4v) is 1.95. The Kier molecular flexibility index (Phi) is 5.45. The van der Waals surface area contributed by atoms with Gasteiger partial charge in [0.25, 0.3) is 0 Å². The smallest absolute Gasteiger partial charge is 0.323 e. The van der Waals surface area contributed by atoms with Crippen LogP contribution in [0.1, 0.15) is 19.3 Å². The van der Waals surface area contributed by atoms with E-state index in [2.05, 4.69) is 0 Å². The van der Waals surface area contributed by atoms with Crippen LogP contribution in [0.2, 0.25) is 0 Å². The number of carboxylic acids is 1. The first-order valence-electron chi connectivity index (χ1n) is 4.64. The van der Waals surface area contributed by atoms with Gasteiger partial charge in [0, 0.05) is 19.4 Å². The molecule has 0 bridgehead atoms. The highest BCUT2D eigenvalue weighted by Gasteiger charge is 2.34. The van der Waals surface area contributed by atoms with Gasteiger partial charge in [0.05, 0.1) is 0 Å². The number of aliphatic hydroxyl groups is 1. The Bertz CT molecular complexity index is 264. The zero-order chi connectivity index (χ0) is 12.1. The van der Waals surface area contributed by atoms with Crippen LogP contribution in [0.4, 0.5) is 0 Å². The lowest BCUT2D eigenvalue weighted by atomic mass is 9.92. The van der Waals surface area contributed by atoms with E-state index in [0.29, 0.717) is 0 Å². The molecule has 0 radical (unpaired) electrons. The number of carboxylic acid groups (broad SMARTS) is 1. The summed E-state index contributed by atoms with van der Waals surface area (Å²) in [6.45, 7) is 1.02. The van der Waals surface area contributed by atoms with Crippen LogP contribution in [0.15, 0.2) is 0 Å².